The van der Waals surface area contributed by atoms with E-state index in [0.29, 0.717) is 25.2 Å². The number of carbonyl (C=O) groups excluding carboxylic acids is 1. The van der Waals surface area contributed by atoms with Crippen molar-refractivity contribution in [3.05, 3.63) is 75.6 Å². The molecule has 1 saturated heterocycles. The highest BCUT2D eigenvalue weighted by atomic mass is 19.4. The van der Waals surface area contributed by atoms with E-state index in [0.717, 1.165) is 28.9 Å². The first-order valence-corrected chi connectivity index (χ1v) is 9.48. The largest absolute Gasteiger partial charge is 0.416 e. The van der Waals surface area contributed by atoms with Gasteiger partial charge in [-0.1, -0.05) is 12.1 Å². The lowest BCUT2D eigenvalue weighted by atomic mass is 10.1. The number of hydrogen-bond acceptors (Lipinski definition) is 4. The molecule has 0 aliphatic carbocycles. The summed E-state index contributed by atoms with van der Waals surface area (Å²) in [5.41, 5.74) is 1.61. The van der Waals surface area contributed by atoms with Crippen molar-refractivity contribution in [1.29, 1.82) is 0 Å². The fraction of sp³-hybridized carbons (Fsp3) is 0.286. The van der Waals surface area contributed by atoms with Crippen molar-refractivity contribution in [1.82, 2.24) is 9.66 Å². The predicted octanol–water partition coefficient (Wildman–Crippen LogP) is 3.37. The zero-order valence-electron chi connectivity index (χ0n) is 16.1. The van der Waals surface area contributed by atoms with Crippen LogP contribution in [0.4, 0.5) is 17.6 Å². The molecule has 1 N–H and O–H groups in total. The van der Waals surface area contributed by atoms with Gasteiger partial charge in [0.15, 0.2) is 0 Å². The summed E-state index contributed by atoms with van der Waals surface area (Å²) in [5, 5.41) is 0.124. The number of carbonyl (C=O) groups is 1. The maximum absolute atomic E-state index is 13.6. The zero-order chi connectivity index (χ0) is 22.2. The van der Waals surface area contributed by atoms with Gasteiger partial charge in [0.1, 0.15) is 11.6 Å². The maximum Gasteiger partial charge on any atom is 0.416 e. The average molecular weight is 435 g/mol. The Kier molecular flexibility index (Phi) is 5.48. The van der Waals surface area contributed by atoms with Crippen LogP contribution in [0.15, 0.2) is 47.3 Å². The molecule has 0 bridgehead atoms. The number of alkyl halides is 3. The second-order valence-corrected chi connectivity index (χ2v) is 7.24. The number of amides is 1. The third-order valence-corrected chi connectivity index (χ3v) is 5.03. The summed E-state index contributed by atoms with van der Waals surface area (Å²) in [6, 6.07) is 7.75. The molecule has 1 fully saturated rings. The zero-order valence-corrected chi connectivity index (χ0v) is 16.1. The molecular formula is C21H17F4N3O3. The van der Waals surface area contributed by atoms with Gasteiger partial charge in [0.25, 0.3) is 5.56 Å². The van der Waals surface area contributed by atoms with E-state index in [2.05, 4.69) is 10.4 Å². The minimum atomic E-state index is -4.47. The highest BCUT2D eigenvalue weighted by Gasteiger charge is 2.30. The Morgan fingerprint density at radius 1 is 1.19 bits per heavy atom. The lowest BCUT2D eigenvalue weighted by Crippen LogP contribution is -2.38. The first kappa shape index (κ1) is 21.0. The van der Waals surface area contributed by atoms with E-state index in [-0.39, 0.29) is 29.1 Å². The number of nitrogens with zero attached hydrogens (tertiary/aromatic N) is 2. The van der Waals surface area contributed by atoms with Crippen molar-refractivity contribution in [3.63, 3.8) is 0 Å². The molecule has 10 heteroatoms. The monoisotopic (exact) mass is 435 g/mol. The third kappa shape index (κ3) is 4.43. The van der Waals surface area contributed by atoms with Crippen molar-refractivity contribution in [2.24, 2.45) is 0 Å². The van der Waals surface area contributed by atoms with Crippen molar-refractivity contribution >= 4 is 16.8 Å². The summed E-state index contributed by atoms with van der Waals surface area (Å²) >= 11 is 0. The number of ether oxygens (including phenoxy) is 1. The topological polar surface area (TPSA) is 73.2 Å². The molecule has 4 rings (SSSR count). The number of aromatic nitrogens is 2. The number of nitrogens with one attached hydrogen (secondary N) is 1. The summed E-state index contributed by atoms with van der Waals surface area (Å²) in [6.07, 6.45) is -4.14. The molecule has 1 amide bonds. The predicted molar refractivity (Wildman–Crippen MR) is 104 cm³/mol. The molecular weight excluding hydrogens is 418 g/mol. The van der Waals surface area contributed by atoms with Gasteiger partial charge in [-0.25, -0.2) is 14.1 Å². The van der Waals surface area contributed by atoms with Gasteiger partial charge in [0, 0.05) is 18.6 Å². The Bertz CT molecular complexity index is 1180. The van der Waals surface area contributed by atoms with Crippen LogP contribution in [0, 0.1) is 5.82 Å². The SMILES string of the molecule is O=C(Cc1ccc(C(F)(F)F)cc1)Nn1c(C2CCOC2)nc2cc(F)ccc2c1=O. The molecule has 0 spiro atoms. The lowest BCUT2D eigenvalue weighted by molar-refractivity contribution is -0.137. The van der Waals surface area contributed by atoms with Crippen molar-refractivity contribution in [2.75, 3.05) is 18.6 Å². The number of hydrogen-bond donors (Lipinski definition) is 1. The number of halogens is 4. The van der Waals surface area contributed by atoms with Crippen LogP contribution in [0.25, 0.3) is 10.9 Å². The molecule has 3 aromatic rings. The van der Waals surface area contributed by atoms with Crippen LogP contribution in [-0.2, 0) is 22.1 Å². The van der Waals surface area contributed by atoms with Crippen molar-refractivity contribution in [2.45, 2.75) is 24.9 Å². The van der Waals surface area contributed by atoms with E-state index < -0.39 is 29.0 Å². The molecule has 2 aromatic carbocycles. The second kappa shape index (κ2) is 8.10. The average Bonchev–Trinajstić information content (AvgIpc) is 3.24. The molecule has 6 nitrogen and oxygen atoms in total. The first-order chi connectivity index (χ1) is 14.7. The third-order valence-electron chi connectivity index (χ3n) is 5.03. The molecule has 1 aliphatic heterocycles. The van der Waals surface area contributed by atoms with E-state index in [4.69, 9.17) is 4.74 Å². The van der Waals surface area contributed by atoms with E-state index in [1.54, 1.807) is 0 Å². The summed E-state index contributed by atoms with van der Waals surface area (Å²) in [4.78, 5) is 29.9. The normalized spacial score (nSPS) is 16.6. The van der Waals surface area contributed by atoms with E-state index >= 15 is 0 Å². The van der Waals surface area contributed by atoms with Crippen LogP contribution in [0.5, 0.6) is 0 Å². The molecule has 1 unspecified atom stereocenters. The van der Waals surface area contributed by atoms with E-state index in [9.17, 15) is 27.2 Å². The molecule has 162 valence electrons. The van der Waals surface area contributed by atoms with Gasteiger partial charge in [0.2, 0.25) is 5.91 Å². The Morgan fingerprint density at radius 2 is 1.94 bits per heavy atom. The van der Waals surface area contributed by atoms with E-state index in [1.165, 1.54) is 18.2 Å². The highest BCUT2D eigenvalue weighted by Crippen LogP contribution is 2.29. The molecule has 0 radical (unpaired) electrons. The summed E-state index contributed by atoms with van der Waals surface area (Å²) in [5.74, 6) is -1.18. The molecule has 1 aromatic heterocycles. The molecule has 0 saturated carbocycles. The quantitative estimate of drug-likeness (QED) is 0.638. The van der Waals surface area contributed by atoms with Crippen molar-refractivity contribution < 1.29 is 27.1 Å². The second-order valence-electron chi connectivity index (χ2n) is 7.24. The van der Waals surface area contributed by atoms with Gasteiger partial charge < -0.3 is 4.74 Å². The van der Waals surface area contributed by atoms with Crippen LogP contribution in [0.1, 0.15) is 29.3 Å². The van der Waals surface area contributed by atoms with Crippen LogP contribution in [0.2, 0.25) is 0 Å². The molecule has 2 heterocycles. The summed E-state index contributed by atoms with van der Waals surface area (Å²) < 4.78 is 58.1. The van der Waals surface area contributed by atoms with Gasteiger partial charge in [-0.15, -0.1) is 0 Å². The van der Waals surface area contributed by atoms with Crippen LogP contribution >= 0.6 is 0 Å². The van der Waals surface area contributed by atoms with Gasteiger partial charge in [-0.05, 0) is 36.2 Å². The standard InChI is InChI=1S/C21H17F4N3O3/c22-15-5-6-16-17(10-15)26-19(13-7-8-31-11-13)28(20(16)30)27-18(29)9-12-1-3-14(4-2-12)21(23,24)25/h1-6,10,13H,7-9,11H2,(H,27,29). The first-order valence-electron chi connectivity index (χ1n) is 9.48. The maximum atomic E-state index is 13.6. The van der Waals surface area contributed by atoms with Crippen LogP contribution in [0.3, 0.4) is 0 Å². The molecule has 1 aliphatic rings. The van der Waals surface area contributed by atoms with Crippen LogP contribution < -0.4 is 11.0 Å². The Morgan fingerprint density at radius 3 is 2.58 bits per heavy atom. The number of rotatable bonds is 4. The van der Waals surface area contributed by atoms with Crippen LogP contribution in [-0.4, -0.2) is 28.8 Å². The summed E-state index contributed by atoms with van der Waals surface area (Å²) in [6.45, 7) is 0.753. The highest BCUT2D eigenvalue weighted by molar-refractivity contribution is 5.86. The lowest BCUT2D eigenvalue weighted by Gasteiger charge is -2.17. The number of fused-ring (bicyclic) bond motifs is 1. The Hall–Kier alpha value is -3.27. The summed E-state index contributed by atoms with van der Waals surface area (Å²) in [7, 11) is 0. The molecule has 31 heavy (non-hydrogen) atoms. The smallest absolute Gasteiger partial charge is 0.381 e. The van der Waals surface area contributed by atoms with Gasteiger partial charge in [-0.3, -0.25) is 15.0 Å². The Labute approximate surface area is 173 Å². The van der Waals surface area contributed by atoms with Gasteiger partial charge in [0.05, 0.1) is 29.5 Å². The van der Waals surface area contributed by atoms with E-state index in [1.807, 2.05) is 0 Å². The minimum Gasteiger partial charge on any atom is -0.381 e. The Balaban J connectivity index is 1.64. The van der Waals surface area contributed by atoms with Crippen molar-refractivity contribution in [3.8, 4) is 0 Å². The fourth-order valence-electron chi connectivity index (χ4n) is 3.46. The van der Waals surface area contributed by atoms with Gasteiger partial charge in [-0.2, -0.15) is 13.2 Å². The minimum absolute atomic E-state index is 0.124. The fourth-order valence-corrected chi connectivity index (χ4v) is 3.46. The molecule has 1 atom stereocenters. The van der Waals surface area contributed by atoms with Gasteiger partial charge >= 0.3 is 6.18 Å². The number of benzene rings is 2.